The zero-order valence-corrected chi connectivity index (χ0v) is 17.0. The summed E-state index contributed by atoms with van der Waals surface area (Å²) in [6.45, 7) is 4.00. The van der Waals surface area contributed by atoms with E-state index in [0.717, 1.165) is 43.3 Å². The third-order valence-corrected chi connectivity index (χ3v) is 5.96. The third kappa shape index (κ3) is 4.36. The Hall–Kier alpha value is -1.85. The van der Waals surface area contributed by atoms with Crippen molar-refractivity contribution in [1.29, 1.82) is 0 Å². The van der Waals surface area contributed by atoms with Gasteiger partial charge in [-0.25, -0.2) is 4.42 Å². The van der Waals surface area contributed by atoms with E-state index in [4.69, 9.17) is 21.3 Å². The summed E-state index contributed by atoms with van der Waals surface area (Å²) in [6.07, 6.45) is 5.27. The van der Waals surface area contributed by atoms with Gasteiger partial charge in [-0.2, -0.15) is 0 Å². The summed E-state index contributed by atoms with van der Waals surface area (Å²) >= 11 is 6.17. The van der Waals surface area contributed by atoms with Gasteiger partial charge in [0.2, 0.25) is 0 Å². The number of Topliss-reactive ketones (excluding diaryl/α,β-unsaturated/α-hetero) is 1. The van der Waals surface area contributed by atoms with Crippen molar-refractivity contribution < 1.29 is 14.3 Å². The van der Waals surface area contributed by atoms with E-state index in [1.807, 2.05) is 16.6 Å². The summed E-state index contributed by atoms with van der Waals surface area (Å²) in [7, 11) is 3.19. The summed E-state index contributed by atoms with van der Waals surface area (Å²) in [5.74, 6) is 2.48. The Balaban J connectivity index is 1.79. The molecule has 5 nitrogen and oxygen atoms in total. The highest BCUT2D eigenvalue weighted by Crippen LogP contribution is 2.34. The number of rotatable bonds is 7. The van der Waals surface area contributed by atoms with Gasteiger partial charge in [0, 0.05) is 42.7 Å². The van der Waals surface area contributed by atoms with Gasteiger partial charge in [0.1, 0.15) is 0 Å². The molecule has 1 fully saturated rings. The molecule has 27 heavy (non-hydrogen) atoms. The molecule has 1 saturated heterocycles. The normalized spacial score (nSPS) is 20.6. The van der Waals surface area contributed by atoms with E-state index in [2.05, 4.69) is 11.9 Å². The first-order valence-corrected chi connectivity index (χ1v) is 9.85. The smallest absolute Gasteiger partial charge is 0.163 e. The molecule has 2 aromatic rings. The maximum absolute atomic E-state index is 13.0. The molecule has 0 radical (unpaired) electrons. The number of hydrogen-bond donors (Lipinski definition) is 0. The molecule has 0 unspecified atom stereocenters. The lowest BCUT2D eigenvalue weighted by Crippen LogP contribution is -2.35. The maximum atomic E-state index is 13.0. The van der Waals surface area contributed by atoms with Crippen LogP contribution in [0.4, 0.5) is 0 Å². The van der Waals surface area contributed by atoms with Crippen LogP contribution in [0.15, 0.2) is 24.4 Å². The minimum Gasteiger partial charge on any atom is -0.493 e. The van der Waals surface area contributed by atoms with Gasteiger partial charge in [0.05, 0.1) is 19.7 Å². The molecule has 0 bridgehead atoms. The lowest BCUT2D eigenvalue weighted by molar-refractivity contribution is 0.0954. The number of ether oxygens (including phenoxy) is 2. The number of methoxy groups -OCH3 is 2. The van der Waals surface area contributed by atoms with E-state index >= 15 is 0 Å². The van der Waals surface area contributed by atoms with Crippen LogP contribution in [0.2, 0.25) is 0 Å². The predicted molar refractivity (Wildman–Crippen MR) is 108 cm³/mol. The Labute approximate surface area is 165 Å². The summed E-state index contributed by atoms with van der Waals surface area (Å²) in [4.78, 5) is 17.4. The van der Waals surface area contributed by atoms with E-state index < -0.39 is 0 Å². The summed E-state index contributed by atoms with van der Waals surface area (Å²) in [5.41, 5.74) is 1.43. The monoisotopic (exact) mass is 390 g/mol. The third-order valence-electron chi connectivity index (χ3n) is 5.66. The van der Waals surface area contributed by atoms with Crippen molar-refractivity contribution in [3.05, 3.63) is 30.0 Å². The molecular weight excluding hydrogens is 364 g/mol. The molecule has 1 aliphatic heterocycles. The largest absolute Gasteiger partial charge is 0.493 e. The van der Waals surface area contributed by atoms with Gasteiger partial charge in [0.15, 0.2) is 17.3 Å². The molecule has 2 atom stereocenters. The second kappa shape index (κ2) is 8.89. The van der Waals surface area contributed by atoms with Crippen LogP contribution >= 0.6 is 11.8 Å². The predicted octanol–water partition coefficient (Wildman–Crippen LogP) is 4.72. The van der Waals surface area contributed by atoms with Crippen LogP contribution in [0.3, 0.4) is 0 Å². The molecule has 1 aliphatic rings. The Kier molecular flexibility index (Phi) is 6.55. The fourth-order valence-electron chi connectivity index (χ4n) is 4.05. The second-order valence-electron chi connectivity index (χ2n) is 7.13. The summed E-state index contributed by atoms with van der Waals surface area (Å²) < 4.78 is 12.6. The van der Waals surface area contributed by atoms with Gasteiger partial charge in [-0.05, 0) is 48.6 Å². The van der Waals surface area contributed by atoms with E-state index in [9.17, 15) is 4.79 Å². The number of carbonyl (C=O) groups excluding carboxylic acids is 1. The maximum Gasteiger partial charge on any atom is 0.163 e. The first-order chi connectivity index (χ1) is 13.1. The number of aromatic nitrogens is 1. The number of carbonyl (C=O) groups is 1. The van der Waals surface area contributed by atoms with Gasteiger partial charge in [-0.1, -0.05) is 13.3 Å². The van der Waals surface area contributed by atoms with Crippen LogP contribution < -0.4 is 9.47 Å². The highest BCUT2D eigenvalue weighted by atomic mass is 35.5. The van der Waals surface area contributed by atoms with Crippen molar-refractivity contribution in [3.63, 3.8) is 0 Å². The van der Waals surface area contributed by atoms with E-state index in [-0.39, 0.29) is 5.78 Å². The number of hydrogen-bond acceptors (Lipinski definition) is 5. The molecule has 0 saturated carbocycles. The van der Waals surface area contributed by atoms with Gasteiger partial charge in [-0.3, -0.25) is 9.78 Å². The van der Waals surface area contributed by atoms with E-state index in [1.165, 1.54) is 0 Å². The number of fused-ring (bicyclic) bond motifs is 1. The molecule has 2 heterocycles. The van der Waals surface area contributed by atoms with E-state index in [1.54, 1.807) is 26.5 Å². The fourth-order valence-corrected chi connectivity index (χ4v) is 4.32. The minimum absolute atomic E-state index is 0.151. The number of nitrogens with zero attached hydrogens (tertiary/aromatic N) is 2. The Morgan fingerprint density at radius 2 is 2.00 bits per heavy atom. The molecule has 146 valence electrons. The molecule has 0 N–H and O–H groups in total. The highest BCUT2D eigenvalue weighted by molar-refractivity contribution is 6.13. The zero-order valence-electron chi connectivity index (χ0n) is 16.2. The lowest BCUT2D eigenvalue weighted by atomic mass is 9.81. The molecule has 3 rings (SSSR count). The highest BCUT2D eigenvalue weighted by Gasteiger charge is 2.28. The lowest BCUT2D eigenvalue weighted by Gasteiger charge is -2.34. The second-order valence-corrected chi connectivity index (χ2v) is 7.61. The topological polar surface area (TPSA) is 51.7 Å². The van der Waals surface area contributed by atoms with E-state index in [0.29, 0.717) is 35.3 Å². The first-order valence-electron chi connectivity index (χ1n) is 9.52. The number of pyridine rings is 1. The number of piperidine rings is 1. The van der Waals surface area contributed by atoms with Crippen LogP contribution in [-0.2, 0) is 0 Å². The average molecular weight is 391 g/mol. The van der Waals surface area contributed by atoms with Gasteiger partial charge in [-0.15, -0.1) is 0 Å². The fraction of sp³-hybridized carbons (Fsp3) is 0.524. The van der Waals surface area contributed by atoms with Gasteiger partial charge < -0.3 is 9.47 Å². The van der Waals surface area contributed by atoms with Crippen LogP contribution in [0, 0.1) is 11.8 Å². The van der Waals surface area contributed by atoms with Crippen molar-refractivity contribution in [2.24, 2.45) is 11.8 Å². The number of benzene rings is 1. The van der Waals surface area contributed by atoms with Gasteiger partial charge >= 0.3 is 0 Å². The first kappa shape index (κ1) is 19.9. The number of ketones is 1. The van der Waals surface area contributed by atoms with Crippen LogP contribution in [0.25, 0.3) is 10.9 Å². The quantitative estimate of drug-likeness (QED) is 0.506. The molecule has 0 spiro atoms. The Morgan fingerprint density at radius 3 is 2.70 bits per heavy atom. The van der Waals surface area contributed by atoms with Crippen molar-refractivity contribution in [2.45, 2.75) is 32.6 Å². The van der Waals surface area contributed by atoms with Crippen molar-refractivity contribution in [2.75, 3.05) is 27.3 Å². The van der Waals surface area contributed by atoms with Crippen LogP contribution in [0.5, 0.6) is 11.5 Å². The van der Waals surface area contributed by atoms with Crippen molar-refractivity contribution >= 4 is 28.5 Å². The molecular formula is C21H27ClN2O3. The summed E-state index contributed by atoms with van der Waals surface area (Å²) in [6, 6.07) is 5.46. The van der Waals surface area contributed by atoms with Crippen LogP contribution in [-0.4, -0.2) is 42.5 Å². The summed E-state index contributed by atoms with van der Waals surface area (Å²) in [5, 5.41) is 0.808. The molecule has 0 amide bonds. The number of halogens is 1. The van der Waals surface area contributed by atoms with Crippen molar-refractivity contribution in [1.82, 2.24) is 9.40 Å². The van der Waals surface area contributed by atoms with Crippen molar-refractivity contribution in [3.8, 4) is 11.5 Å². The Morgan fingerprint density at radius 1 is 1.26 bits per heavy atom. The molecule has 1 aromatic carbocycles. The zero-order chi connectivity index (χ0) is 19.4. The molecule has 1 aromatic heterocycles. The molecule has 0 aliphatic carbocycles. The van der Waals surface area contributed by atoms with Crippen LogP contribution in [0.1, 0.15) is 43.0 Å². The average Bonchev–Trinajstić information content (AvgIpc) is 2.70. The SMILES string of the molecule is CC[C@H]1CN(Cl)CC[C@H]1CCC(=O)c1ccnc2cc(OC)c(OC)cc12. The Bertz CT molecular complexity index is 811. The standard InChI is InChI=1S/C21H27ClN2O3/c1-4-14-13-24(22)10-8-15(14)5-6-19(25)16-7-9-23-18-12-21(27-3)20(26-2)11-17(16)18/h7,9,11-12,14-15H,4-6,8,10,13H2,1-3H3/t14-,15+/m0/s1. The molecule has 6 heteroatoms. The minimum atomic E-state index is 0.151. The van der Waals surface area contributed by atoms with Gasteiger partial charge in [0.25, 0.3) is 0 Å².